The average Bonchev–Trinajstić information content (AvgIpc) is 2.58. The van der Waals surface area contributed by atoms with Crippen LogP contribution in [0, 0.1) is 0 Å². The fourth-order valence-electron chi connectivity index (χ4n) is 2.21. The Hall–Kier alpha value is -2.76. The molecule has 2 aromatic rings. The number of rotatable bonds is 6. The maximum Gasteiger partial charge on any atom is 0.573 e. The van der Waals surface area contributed by atoms with E-state index in [4.69, 9.17) is 4.74 Å². The van der Waals surface area contributed by atoms with E-state index in [1.54, 1.807) is 37.3 Å². The summed E-state index contributed by atoms with van der Waals surface area (Å²) in [7, 11) is 1.53. The van der Waals surface area contributed by atoms with E-state index in [1.165, 1.54) is 31.4 Å². The van der Waals surface area contributed by atoms with E-state index in [-0.39, 0.29) is 11.5 Å². The summed E-state index contributed by atoms with van der Waals surface area (Å²) in [6.45, 7) is 1.78. The molecule has 0 aromatic heterocycles. The first kappa shape index (κ1) is 18.6. The summed E-state index contributed by atoms with van der Waals surface area (Å²) in [5, 5.41) is 0. The molecule has 25 heavy (non-hydrogen) atoms. The quantitative estimate of drug-likeness (QED) is 0.520. The third kappa shape index (κ3) is 5.38. The minimum Gasteiger partial charge on any atom is -0.496 e. The van der Waals surface area contributed by atoms with Gasteiger partial charge in [0.2, 0.25) is 0 Å². The van der Waals surface area contributed by atoms with Gasteiger partial charge in [0.05, 0.1) is 7.11 Å². The fraction of sp³-hybridized carbons (Fsp3) is 0.211. The molecule has 6 heteroatoms. The topological polar surface area (TPSA) is 35.5 Å². The second-order valence-corrected chi connectivity index (χ2v) is 5.18. The van der Waals surface area contributed by atoms with Crippen molar-refractivity contribution >= 4 is 17.9 Å². The molecular weight excluding hydrogens is 333 g/mol. The van der Waals surface area contributed by atoms with Crippen molar-refractivity contribution in [3.05, 3.63) is 59.2 Å². The molecule has 0 unspecified atom stereocenters. The van der Waals surface area contributed by atoms with E-state index >= 15 is 0 Å². The van der Waals surface area contributed by atoms with Crippen molar-refractivity contribution < 1.29 is 27.4 Å². The minimum atomic E-state index is -4.71. The monoisotopic (exact) mass is 350 g/mol. The number of ketones is 1. The van der Waals surface area contributed by atoms with Gasteiger partial charge in [-0.2, -0.15) is 0 Å². The lowest BCUT2D eigenvalue weighted by Gasteiger charge is -2.09. The van der Waals surface area contributed by atoms with Gasteiger partial charge in [0.15, 0.2) is 5.78 Å². The Morgan fingerprint density at radius 3 is 2.32 bits per heavy atom. The van der Waals surface area contributed by atoms with Crippen LogP contribution < -0.4 is 9.47 Å². The van der Waals surface area contributed by atoms with Crippen molar-refractivity contribution in [2.24, 2.45) is 0 Å². The van der Waals surface area contributed by atoms with Gasteiger partial charge in [-0.15, -0.1) is 13.2 Å². The Labute approximate surface area is 143 Å². The predicted molar refractivity (Wildman–Crippen MR) is 89.7 cm³/mol. The molecule has 0 saturated heterocycles. The maximum atomic E-state index is 12.1. The molecule has 0 aliphatic carbocycles. The summed E-state index contributed by atoms with van der Waals surface area (Å²) in [6, 6.07) is 10.6. The van der Waals surface area contributed by atoms with E-state index in [0.29, 0.717) is 28.9 Å². The van der Waals surface area contributed by atoms with Crippen molar-refractivity contribution in [1.82, 2.24) is 0 Å². The number of carbonyl (C=O) groups is 1. The first-order valence-electron chi connectivity index (χ1n) is 7.57. The van der Waals surface area contributed by atoms with Gasteiger partial charge in [0.1, 0.15) is 11.5 Å². The number of hydrogen-bond acceptors (Lipinski definition) is 3. The van der Waals surface area contributed by atoms with Crippen molar-refractivity contribution in [3.8, 4) is 11.5 Å². The highest BCUT2D eigenvalue weighted by atomic mass is 19.4. The van der Waals surface area contributed by atoms with Gasteiger partial charge in [0, 0.05) is 17.5 Å². The van der Waals surface area contributed by atoms with Crippen molar-refractivity contribution in [2.45, 2.75) is 19.7 Å². The molecule has 0 aliphatic rings. The average molecular weight is 350 g/mol. The smallest absolute Gasteiger partial charge is 0.496 e. The van der Waals surface area contributed by atoms with Crippen LogP contribution in [0.1, 0.15) is 34.8 Å². The zero-order valence-electron chi connectivity index (χ0n) is 13.8. The third-order valence-corrected chi connectivity index (χ3v) is 3.44. The van der Waals surface area contributed by atoms with Crippen LogP contribution in [0.4, 0.5) is 13.2 Å². The minimum absolute atomic E-state index is 0.0194. The molecule has 0 spiro atoms. The second kappa shape index (κ2) is 7.88. The normalized spacial score (nSPS) is 11.6. The van der Waals surface area contributed by atoms with Gasteiger partial charge in [-0.1, -0.05) is 31.2 Å². The van der Waals surface area contributed by atoms with E-state index in [0.717, 1.165) is 0 Å². The maximum absolute atomic E-state index is 12.1. The van der Waals surface area contributed by atoms with Gasteiger partial charge in [-0.05, 0) is 35.9 Å². The SMILES string of the molecule is CCC(=O)c1ccc(OC)c(/C=C/c2ccc(OC(F)(F)F)cc2)c1. The number of benzene rings is 2. The number of alkyl halides is 3. The lowest BCUT2D eigenvalue weighted by atomic mass is 10.0. The third-order valence-electron chi connectivity index (χ3n) is 3.44. The number of ether oxygens (including phenoxy) is 2. The van der Waals surface area contributed by atoms with E-state index in [9.17, 15) is 18.0 Å². The first-order valence-corrected chi connectivity index (χ1v) is 7.57. The van der Waals surface area contributed by atoms with Crippen LogP contribution in [0.15, 0.2) is 42.5 Å². The highest BCUT2D eigenvalue weighted by molar-refractivity contribution is 5.97. The zero-order chi connectivity index (χ0) is 18.4. The Morgan fingerprint density at radius 1 is 1.08 bits per heavy atom. The second-order valence-electron chi connectivity index (χ2n) is 5.18. The van der Waals surface area contributed by atoms with E-state index in [1.807, 2.05) is 0 Å². The molecule has 0 radical (unpaired) electrons. The summed E-state index contributed by atoms with van der Waals surface area (Å²) in [5.74, 6) is 0.338. The number of halogens is 3. The number of Topliss-reactive ketones (excluding diaryl/α,β-unsaturated/α-hetero) is 1. The molecule has 2 rings (SSSR count). The standard InChI is InChI=1S/C19H17F3O3/c1-3-17(23)14-8-11-18(24-2)15(12-14)7-4-13-5-9-16(10-6-13)25-19(20,21)22/h4-12H,3H2,1-2H3/b7-4+. The van der Waals surface area contributed by atoms with Crippen LogP contribution in [-0.4, -0.2) is 19.3 Å². The van der Waals surface area contributed by atoms with Crippen LogP contribution >= 0.6 is 0 Å². The molecule has 0 amide bonds. The van der Waals surface area contributed by atoms with Crippen LogP contribution in [0.3, 0.4) is 0 Å². The molecule has 2 aromatic carbocycles. The summed E-state index contributed by atoms with van der Waals surface area (Å²) < 4.78 is 45.5. The molecule has 3 nitrogen and oxygen atoms in total. The van der Waals surface area contributed by atoms with Gasteiger partial charge >= 0.3 is 6.36 Å². The lowest BCUT2D eigenvalue weighted by Crippen LogP contribution is -2.16. The van der Waals surface area contributed by atoms with E-state index < -0.39 is 6.36 Å². The van der Waals surface area contributed by atoms with Gasteiger partial charge in [0.25, 0.3) is 0 Å². The Kier molecular flexibility index (Phi) is 5.85. The molecule has 0 fully saturated rings. The lowest BCUT2D eigenvalue weighted by molar-refractivity contribution is -0.274. The molecule has 0 saturated carbocycles. The summed E-state index contributed by atoms with van der Waals surface area (Å²) >= 11 is 0. The molecular formula is C19H17F3O3. The number of hydrogen-bond donors (Lipinski definition) is 0. The molecule has 0 atom stereocenters. The Bertz CT molecular complexity index is 762. The molecule has 0 N–H and O–H groups in total. The largest absolute Gasteiger partial charge is 0.573 e. The molecule has 0 heterocycles. The molecule has 0 bridgehead atoms. The highest BCUT2D eigenvalue weighted by Crippen LogP contribution is 2.25. The van der Waals surface area contributed by atoms with Crippen molar-refractivity contribution in [2.75, 3.05) is 7.11 Å². The molecule has 0 aliphatic heterocycles. The van der Waals surface area contributed by atoms with Crippen LogP contribution in [0.25, 0.3) is 12.2 Å². The first-order chi connectivity index (χ1) is 11.8. The highest BCUT2D eigenvalue weighted by Gasteiger charge is 2.30. The fourth-order valence-corrected chi connectivity index (χ4v) is 2.21. The van der Waals surface area contributed by atoms with Crippen LogP contribution in [0.2, 0.25) is 0 Å². The number of carbonyl (C=O) groups excluding carboxylic acids is 1. The zero-order valence-corrected chi connectivity index (χ0v) is 13.8. The van der Waals surface area contributed by atoms with Crippen LogP contribution in [0.5, 0.6) is 11.5 Å². The Morgan fingerprint density at radius 2 is 1.76 bits per heavy atom. The van der Waals surface area contributed by atoms with E-state index in [2.05, 4.69) is 4.74 Å². The van der Waals surface area contributed by atoms with Crippen LogP contribution in [-0.2, 0) is 0 Å². The van der Waals surface area contributed by atoms with Crippen molar-refractivity contribution in [3.63, 3.8) is 0 Å². The number of methoxy groups -OCH3 is 1. The van der Waals surface area contributed by atoms with Gasteiger partial charge < -0.3 is 9.47 Å². The van der Waals surface area contributed by atoms with Gasteiger partial charge in [-0.25, -0.2) is 0 Å². The predicted octanol–water partition coefficient (Wildman–Crippen LogP) is 5.36. The Balaban J connectivity index is 2.21. The van der Waals surface area contributed by atoms with Crippen molar-refractivity contribution in [1.29, 1.82) is 0 Å². The summed E-state index contributed by atoms with van der Waals surface area (Å²) in [5.41, 5.74) is 1.97. The molecule has 132 valence electrons. The van der Waals surface area contributed by atoms with Gasteiger partial charge in [-0.3, -0.25) is 4.79 Å². The summed E-state index contributed by atoms with van der Waals surface area (Å²) in [6.07, 6.45) is -0.854. The summed E-state index contributed by atoms with van der Waals surface area (Å²) in [4.78, 5) is 11.8.